The van der Waals surface area contributed by atoms with Crippen LogP contribution in [-0.2, 0) is 17.8 Å². The maximum absolute atomic E-state index is 11.8. The Morgan fingerprint density at radius 1 is 1.13 bits per heavy atom. The monoisotopic (exact) mass is 407 g/mol. The SMILES string of the molecule is Cc1ccc(COc2ccc(/C=N/NC(=O)CCc3n[nH]c(=O)[nH]c3=O)cc2)cc1. The number of hydrogen-bond donors (Lipinski definition) is 3. The number of aromatic nitrogens is 3. The van der Waals surface area contributed by atoms with Crippen molar-refractivity contribution in [2.24, 2.45) is 5.10 Å². The van der Waals surface area contributed by atoms with E-state index < -0.39 is 11.2 Å². The van der Waals surface area contributed by atoms with E-state index in [0.717, 1.165) is 16.9 Å². The minimum Gasteiger partial charge on any atom is -0.489 e. The molecule has 0 spiro atoms. The first kappa shape index (κ1) is 20.7. The Hall–Kier alpha value is -4.01. The average molecular weight is 407 g/mol. The van der Waals surface area contributed by atoms with Gasteiger partial charge in [-0.2, -0.15) is 10.2 Å². The second-order valence-corrected chi connectivity index (χ2v) is 6.59. The van der Waals surface area contributed by atoms with Gasteiger partial charge in [-0.15, -0.1) is 0 Å². The molecule has 0 aliphatic carbocycles. The molecule has 1 heterocycles. The molecular weight excluding hydrogens is 386 g/mol. The Bertz CT molecular complexity index is 1130. The van der Waals surface area contributed by atoms with E-state index in [4.69, 9.17) is 4.74 Å². The van der Waals surface area contributed by atoms with Crippen molar-refractivity contribution in [2.45, 2.75) is 26.4 Å². The van der Waals surface area contributed by atoms with Crippen LogP contribution in [0.3, 0.4) is 0 Å². The van der Waals surface area contributed by atoms with E-state index in [0.29, 0.717) is 6.61 Å². The number of aromatic amines is 2. The molecule has 3 rings (SSSR count). The molecule has 9 heteroatoms. The third kappa shape index (κ3) is 6.26. The average Bonchev–Trinajstić information content (AvgIpc) is 2.74. The van der Waals surface area contributed by atoms with Crippen molar-refractivity contribution in [1.82, 2.24) is 20.6 Å². The lowest BCUT2D eigenvalue weighted by molar-refractivity contribution is -0.121. The predicted octanol–water partition coefficient (Wildman–Crippen LogP) is 1.43. The molecule has 2 aromatic carbocycles. The summed E-state index contributed by atoms with van der Waals surface area (Å²) in [6.07, 6.45) is 1.60. The first-order valence-electron chi connectivity index (χ1n) is 9.28. The van der Waals surface area contributed by atoms with E-state index in [9.17, 15) is 14.4 Å². The molecular formula is C21H21N5O4. The highest BCUT2D eigenvalue weighted by atomic mass is 16.5. The number of carbonyl (C=O) groups is 1. The maximum atomic E-state index is 11.8. The van der Waals surface area contributed by atoms with Crippen LogP contribution in [0.2, 0.25) is 0 Å². The maximum Gasteiger partial charge on any atom is 0.342 e. The van der Waals surface area contributed by atoms with Gasteiger partial charge in [-0.1, -0.05) is 29.8 Å². The van der Waals surface area contributed by atoms with Crippen LogP contribution in [0.5, 0.6) is 5.75 Å². The van der Waals surface area contributed by atoms with Crippen LogP contribution in [0.25, 0.3) is 0 Å². The molecule has 0 aliphatic heterocycles. The zero-order valence-corrected chi connectivity index (χ0v) is 16.3. The molecule has 0 unspecified atom stereocenters. The van der Waals surface area contributed by atoms with Crippen molar-refractivity contribution >= 4 is 12.1 Å². The van der Waals surface area contributed by atoms with Crippen molar-refractivity contribution in [2.75, 3.05) is 0 Å². The van der Waals surface area contributed by atoms with Gasteiger partial charge in [0.05, 0.1) is 6.21 Å². The molecule has 154 valence electrons. The minimum absolute atomic E-state index is 0.00521. The zero-order valence-electron chi connectivity index (χ0n) is 16.3. The second kappa shape index (κ2) is 9.97. The van der Waals surface area contributed by atoms with Crippen LogP contribution >= 0.6 is 0 Å². The van der Waals surface area contributed by atoms with Gasteiger partial charge in [-0.25, -0.2) is 15.3 Å². The molecule has 9 nitrogen and oxygen atoms in total. The standard InChI is InChI=1S/C21H21N5O4/c1-14-2-4-16(5-3-14)13-30-17-8-6-15(7-9-17)12-22-25-19(27)11-10-18-20(28)23-21(29)26-24-18/h2-9,12H,10-11,13H2,1H3,(H,25,27)(H2,23,26,28,29)/b22-12+. The van der Waals surface area contributed by atoms with Gasteiger partial charge in [-0.3, -0.25) is 14.6 Å². The lowest BCUT2D eigenvalue weighted by Crippen LogP contribution is -2.28. The van der Waals surface area contributed by atoms with Gasteiger partial charge in [-0.05, 0) is 42.3 Å². The fourth-order valence-corrected chi connectivity index (χ4v) is 2.51. The van der Waals surface area contributed by atoms with Gasteiger partial charge in [0, 0.05) is 12.8 Å². The third-order valence-electron chi connectivity index (χ3n) is 4.18. The smallest absolute Gasteiger partial charge is 0.342 e. The highest BCUT2D eigenvalue weighted by Crippen LogP contribution is 2.14. The molecule has 0 atom stereocenters. The van der Waals surface area contributed by atoms with Crippen molar-refractivity contribution < 1.29 is 9.53 Å². The molecule has 1 amide bonds. The summed E-state index contributed by atoms with van der Waals surface area (Å²) in [5.74, 6) is 0.354. The quantitative estimate of drug-likeness (QED) is 0.384. The van der Waals surface area contributed by atoms with Crippen LogP contribution in [0.1, 0.15) is 28.8 Å². The Balaban J connectivity index is 1.44. The van der Waals surface area contributed by atoms with Crippen LogP contribution in [0.15, 0.2) is 63.2 Å². The molecule has 0 aliphatic rings. The number of ether oxygens (including phenoxy) is 1. The number of hydrogen-bond acceptors (Lipinski definition) is 6. The summed E-state index contributed by atoms with van der Waals surface area (Å²) in [6.45, 7) is 2.52. The number of carbonyl (C=O) groups excluding carboxylic acids is 1. The van der Waals surface area contributed by atoms with E-state index in [1.54, 1.807) is 0 Å². The number of H-pyrrole nitrogens is 2. The van der Waals surface area contributed by atoms with Crippen molar-refractivity contribution in [1.29, 1.82) is 0 Å². The van der Waals surface area contributed by atoms with Gasteiger partial charge in [0.25, 0.3) is 5.56 Å². The summed E-state index contributed by atoms with van der Waals surface area (Å²) in [5.41, 5.74) is 4.25. The summed E-state index contributed by atoms with van der Waals surface area (Å²) in [7, 11) is 0. The van der Waals surface area contributed by atoms with E-state index in [-0.39, 0.29) is 24.4 Å². The zero-order chi connectivity index (χ0) is 21.3. The summed E-state index contributed by atoms with van der Waals surface area (Å²) < 4.78 is 5.75. The normalized spacial score (nSPS) is 10.8. The number of rotatable bonds is 8. The molecule has 0 radical (unpaired) electrons. The summed E-state index contributed by atoms with van der Waals surface area (Å²) in [5, 5.41) is 9.63. The number of nitrogens with one attached hydrogen (secondary N) is 3. The third-order valence-corrected chi connectivity index (χ3v) is 4.18. The Morgan fingerprint density at radius 3 is 2.57 bits per heavy atom. The van der Waals surface area contributed by atoms with Gasteiger partial charge >= 0.3 is 5.69 Å². The number of benzene rings is 2. The molecule has 30 heavy (non-hydrogen) atoms. The van der Waals surface area contributed by atoms with Crippen molar-refractivity contribution in [3.8, 4) is 5.75 Å². The van der Waals surface area contributed by atoms with Gasteiger partial charge in [0.15, 0.2) is 0 Å². The van der Waals surface area contributed by atoms with Gasteiger partial charge < -0.3 is 4.74 Å². The fourth-order valence-electron chi connectivity index (χ4n) is 2.51. The van der Waals surface area contributed by atoms with Crippen molar-refractivity contribution in [3.05, 3.63) is 91.8 Å². The molecule has 1 aromatic heterocycles. The van der Waals surface area contributed by atoms with Gasteiger partial charge in [0.1, 0.15) is 18.1 Å². The number of nitrogens with zero attached hydrogens (tertiary/aromatic N) is 2. The molecule has 3 N–H and O–H groups in total. The number of amides is 1. The number of hydrazone groups is 1. The first-order valence-corrected chi connectivity index (χ1v) is 9.28. The van der Waals surface area contributed by atoms with Crippen molar-refractivity contribution in [3.63, 3.8) is 0 Å². The summed E-state index contributed by atoms with van der Waals surface area (Å²) in [6, 6.07) is 15.4. The topological polar surface area (TPSA) is 129 Å². The minimum atomic E-state index is -0.690. The Morgan fingerprint density at radius 2 is 1.87 bits per heavy atom. The molecule has 0 bridgehead atoms. The fraction of sp³-hybridized carbons (Fsp3) is 0.190. The largest absolute Gasteiger partial charge is 0.489 e. The summed E-state index contributed by atoms with van der Waals surface area (Å²) >= 11 is 0. The molecule has 0 saturated carbocycles. The van der Waals surface area contributed by atoms with Crippen LogP contribution < -0.4 is 21.4 Å². The highest BCUT2D eigenvalue weighted by Gasteiger charge is 2.06. The highest BCUT2D eigenvalue weighted by molar-refractivity contribution is 5.82. The van der Waals surface area contributed by atoms with E-state index in [2.05, 4.69) is 25.7 Å². The lowest BCUT2D eigenvalue weighted by atomic mass is 10.2. The van der Waals surface area contributed by atoms with Crippen LogP contribution in [0, 0.1) is 6.92 Å². The first-order chi connectivity index (χ1) is 14.5. The Labute approximate surface area is 171 Å². The van der Waals surface area contributed by atoms with Crippen LogP contribution in [0.4, 0.5) is 0 Å². The molecule has 3 aromatic rings. The number of aryl methyl sites for hydroxylation is 2. The van der Waals surface area contributed by atoms with Crippen LogP contribution in [-0.4, -0.2) is 27.3 Å². The van der Waals surface area contributed by atoms with Gasteiger partial charge in [0.2, 0.25) is 5.91 Å². The second-order valence-electron chi connectivity index (χ2n) is 6.59. The summed E-state index contributed by atoms with van der Waals surface area (Å²) in [4.78, 5) is 36.3. The van der Waals surface area contributed by atoms with E-state index in [1.807, 2.05) is 55.5 Å². The van der Waals surface area contributed by atoms with E-state index >= 15 is 0 Å². The van der Waals surface area contributed by atoms with E-state index in [1.165, 1.54) is 11.8 Å². The Kier molecular flexibility index (Phi) is 6.88. The molecule has 0 fully saturated rings. The lowest BCUT2D eigenvalue weighted by Gasteiger charge is -2.06. The molecule has 0 saturated heterocycles. The predicted molar refractivity (Wildman–Crippen MR) is 111 cm³/mol.